The van der Waals surface area contributed by atoms with Crippen LogP contribution in [0.15, 0.2) is 35.0 Å². The zero-order valence-electron chi connectivity index (χ0n) is 14.4. The summed E-state index contributed by atoms with van der Waals surface area (Å²) < 4.78 is 49.9. The average molecular weight is 412 g/mol. The van der Waals surface area contributed by atoms with Crippen LogP contribution in [0, 0.1) is 0 Å². The van der Waals surface area contributed by atoms with Crippen molar-refractivity contribution in [2.75, 3.05) is 18.0 Å². The number of hydrogen-bond donors (Lipinski definition) is 1. The molecule has 7 nitrogen and oxygen atoms in total. The van der Waals surface area contributed by atoms with E-state index in [4.69, 9.17) is 14.4 Å². The molecule has 1 aliphatic heterocycles. The van der Waals surface area contributed by atoms with Crippen molar-refractivity contribution in [1.29, 1.82) is 0 Å². The Morgan fingerprint density at radius 2 is 2.14 bits per heavy atom. The van der Waals surface area contributed by atoms with Gasteiger partial charge in [-0.05, 0) is 12.1 Å². The molecule has 1 N–H and O–H groups in total. The second-order valence-electron chi connectivity index (χ2n) is 6.15. The fourth-order valence-electron chi connectivity index (χ4n) is 2.91. The van der Waals surface area contributed by atoms with Crippen LogP contribution in [0.4, 0.5) is 18.3 Å². The van der Waals surface area contributed by atoms with Crippen LogP contribution >= 0.6 is 11.3 Å². The summed E-state index contributed by atoms with van der Waals surface area (Å²) in [6.45, 7) is 0.691. The van der Waals surface area contributed by atoms with Crippen LogP contribution in [0.1, 0.15) is 17.9 Å². The van der Waals surface area contributed by atoms with E-state index in [-0.39, 0.29) is 24.4 Å². The number of aliphatic hydroxyl groups is 1. The molecule has 0 bridgehead atoms. The highest BCUT2D eigenvalue weighted by Gasteiger charge is 2.35. The predicted octanol–water partition coefficient (Wildman–Crippen LogP) is 3.36. The Morgan fingerprint density at radius 3 is 2.89 bits per heavy atom. The molecule has 28 heavy (non-hydrogen) atoms. The monoisotopic (exact) mass is 412 g/mol. The van der Waals surface area contributed by atoms with Gasteiger partial charge in [0, 0.05) is 13.0 Å². The molecule has 0 spiro atoms. The first-order valence-corrected chi connectivity index (χ1v) is 9.23. The second-order valence-corrected chi connectivity index (χ2v) is 7.15. The standard InChI is InChI=1S/C17H15F3N4O3S/c18-17(19,20)11-3-1-2-4-12(11)26-10-5-6-24(8-10)16-21-7-13(28-16)15-22-14(9-25)27-23-15/h1-4,7,10,25H,5-6,8-9H2. The van der Waals surface area contributed by atoms with Crippen LogP contribution in [0.25, 0.3) is 10.7 Å². The molecule has 0 amide bonds. The third kappa shape index (κ3) is 3.80. The number of aromatic nitrogens is 3. The second kappa shape index (κ2) is 7.40. The number of para-hydroxylation sites is 1. The van der Waals surface area contributed by atoms with E-state index in [1.165, 1.54) is 29.5 Å². The number of halogens is 3. The lowest BCUT2D eigenvalue weighted by Crippen LogP contribution is -2.25. The summed E-state index contributed by atoms with van der Waals surface area (Å²) in [5, 5.41) is 13.5. The van der Waals surface area contributed by atoms with Gasteiger partial charge in [0.05, 0.1) is 23.2 Å². The van der Waals surface area contributed by atoms with Gasteiger partial charge >= 0.3 is 6.18 Å². The Kier molecular flexibility index (Phi) is 4.94. The van der Waals surface area contributed by atoms with Crippen molar-refractivity contribution in [2.45, 2.75) is 25.3 Å². The third-order valence-corrected chi connectivity index (χ3v) is 5.27. The van der Waals surface area contributed by atoms with Crippen molar-refractivity contribution in [3.05, 3.63) is 41.9 Å². The van der Waals surface area contributed by atoms with Crippen LogP contribution < -0.4 is 9.64 Å². The third-order valence-electron chi connectivity index (χ3n) is 4.22. The summed E-state index contributed by atoms with van der Waals surface area (Å²) in [6.07, 6.45) is -2.66. The minimum absolute atomic E-state index is 0.114. The van der Waals surface area contributed by atoms with Crippen LogP contribution in [-0.4, -0.2) is 39.4 Å². The quantitative estimate of drug-likeness (QED) is 0.688. The van der Waals surface area contributed by atoms with Crippen molar-refractivity contribution in [3.63, 3.8) is 0 Å². The minimum Gasteiger partial charge on any atom is -0.488 e. The lowest BCUT2D eigenvalue weighted by Gasteiger charge is -2.19. The minimum atomic E-state index is -4.46. The summed E-state index contributed by atoms with van der Waals surface area (Å²) in [7, 11) is 0. The van der Waals surface area contributed by atoms with Crippen LogP contribution in [0.5, 0.6) is 5.75 Å². The summed E-state index contributed by atoms with van der Waals surface area (Å²) in [5.74, 6) is 0.284. The van der Waals surface area contributed by atoms with Gasteiger partial charge in [-0.25, -0.2) is 4.98 Å². The van der Waals surface area contributed by atoms with E-state index in [0.717, 1.165) is 6.07 Å². The van der Waals surface area contributed by atoms with Gasteiger partial charge in [-0.15, -0.1) is 0 Å². The summed E-state index contributed by atoms with van der Waals surface area (Å²) >= 11 is 1.34. The number of alkyl halides is 3. The molecule has 0 saturated carbocycles. The molecule has 1 atom stereocenters. The molecule has 1 aliphatic rings. The smallest absolute Gasteiger partial charge is 0.419 e. The van der Waals surface area contributed by atoms with Crippen molar-refractivity contribution in [2.24, 2.45) is 0 Å². The van der Waals surface area contributed by atoms with E-state index >= 15 is 0 Å². The topological polar surface area (TPSA) is 84.5 Å². The van der Waals surface area contributed by atoms with E-state index in [1.807, 2.05) is 4.90 Å². The Morgan fingerprint density at radius 1 is 1.32 bits per heavy atom. The van der Waals surface area contributed by atoms with Gasteiger partial charge in [-0.2, -0.15) is 18.2 Å². The Balaban J connectivity index is 1.44. The molecule has 3 heterocycles. The van der Waals surface area contributed by atoms with Crippen LogP contribution in [0.3, 0.4) is 0 Å². The first-order chi connectivity index (χ1) is 13.4. The predicted molar refractivity (Wildman–Crippen MR) is 94.0 cm³/mol. The number of ether oxygens (including phenoxy) is 1. The van der Waals surface area contributed by atoms with Gasteiger partial charge in [-0.1, -0.05) is 28.6 Å². The molecule has 1 unspecified atom stereocenters. The molecule has 0 radical (unpaired) electrons. The lowest BCUT2D eigenvalue weighted by atomic mass is 10.2. The van der Waals surface area contributed by atoms with Gasteiger partial charge < -0.3 is 19.3 Å². The Labute approximate surface area is 161 Å². The fraction of sp³-hybridized carbons (Fsp3) is 0.353. The maximum absolute atomic E-state index is 13.1. The number of hydrogen-bond acceptors (Lipinski definition) is 8. The molecule has 3 aromatic rings. The zero-order chi connectivity index (χ0) is 19.7. The summed E-state index contributed by atoms with van der Waals surface area (Å²) in [6, 6.07) is 5.21. The van der Waals surface area contributed by atoms with E-state index in [2.05, 4.69) is 15.1 Å². The Bertz CT molecular complexity index is 959. The van der Waals surface area contributed by atoms with E-state index in [9.17, 15) is 13.2 Å². The molecule has 1 saturated heterocycles. The van der Waals surface area contributed by atoms with Gasteiger partial charge in [0.2, 0.25) is 5.82 Å². The summed E-state index contributed by atoms with van der Waals surface area (Å²) in [4.78, 5) is 11.0. The maximum atomic E-state index is 13.1. The van der Waals surface area contributed by atoms with E-state index in [1.54, 1.807) is 6.20 Å². The molecular weight excluding hydrogens is 397 g/mol. The van der Waals surface area contributed by atoms with Gasteiger partial charge in [0.25, 0.3) is 5.89 Å². The van der Waals surface area contributed by atoms with Gasteiger partial charge in [0.15, 0.2) is 5.13 Å². The van der Waals surface area contributed by atoms with Gasteiger partial charge in [-0.3, -0.25) is 0 Å². The molecule has 1 aromatic carbocycles. The molecule has 1 fully saturated rings. The summed E-state index contributed by atoms with van der Waals surface area (Å²) in [5.41, 5.74) is -0.776. The maximum Gasteiger partial charge on any atom is 0.419 e. The largest absolute Gasteiger partial charge is 0.488 e. The van der Waals surface area contributed by atoms with E-state index in [0.29, 0.717) is 35.3 Å². The number of thiazole rings is 1. The highest BCUT2D eigenvalue weighted by Crippen LogP contribution is 2.37. The average Bonchev–Trinajstić information content (AvgIpc) is 3.41. The highest BCUT2D eigenvalue weighted by molar-refractivity contribution is 7.18. The fourth-order valence-corrected chi connectivity index (χ4v) is 3.79. The van der Waals surface area contributed by atoms with Crippen molar-refractivity contribution in [1.82, 2.24) is 15.1 Å². The molecule has 11 heteroatoms. The number of anilines is 1. The normalized spacial score (nSPS) is 17.3. The lowest BCUT2D eigenvalue weighted by molar-refractivity contribution is -0.139. The van der Waals surface area contributed by atoms with E-state index < -0.39 is 11.7 Å². The molecular formula is C17H15F3N4O3S. The highest BCUT2D eigenvalue weighted by atomic mass is 32.1. The van der Waals surface area contributed by atoms with Crippen LogP contribution in [-0.2, 0) is 12.8 Å². The molecule has 4 rings (SSSR count). The van der Waals surface area contributed by atoms with Crippen molar-refractivity contribution >= 4 is 16.5 Å². The molecule has 148 valence electrons. The zero-order valence-corrected chi connectivity index (χ0v) is 15.2. The first-order valence-electron chi connectivity index (χ1n) is 8.41. The number of nitrogens with zero attached hydrogens (tertiary/aromatic N) is 4. The number of rotatable bonds is 5. The number of aliphatic hydroxyl groups excluding tert-OH is 1. The van der Waals surface area contributed by atoms with Crippen molar-refractivity contribution in [3.8, 4) is 16.5 Å². The van der Waals surface area contributed by atoms with Crippen LogP contribution in [0.2, 0.25) is 0 Å². The molecule has 2 aromatic heterocycles. The SMILES string of the molecule is OCc1nc(-c2cnc(N3CCC(Oc4ccccc4C(F)(F)F)C3)s2)no1. The van der Waals surface area contributed by atoms with Crippen molar-refractivity contribution < 1.29 is 27.5 Å². The first kappa shape index (κ1) is 18.7. The Hall–Kier alpha value is -2.66. The number of benzene rings is 1. The van der Waals surface area contributed by atoms with Gasteiger partial charge in [0.1, 0.15) is 18.5 Å². The molecule has 0 aliphatic carbocycles.